The molecule has 0 aromatic heterocycles. The topological polar surface area (TPSA) is 41.9 Å². The summed E-state index contributed by atoms with van der Waals surface area (Å²) in [4.78, 5) is 10.5. The maximum absolute atomic E-state index is 10.5. The van der Waals surface area contributed by atoms with Crippen LogP contribution >= 0.6 is 0 Å². The summed E-state index contributed by atoms with van der Waals surface area (Å²) in [5.41, 5.74) is 1.23. The second-order valence-electron chi connectivity index (χ2n) is 6.08. The lowest BCUT2D eigenvalue weighted by Gasteiger charge is -2.20. The van der Waals surface area contributed by atoms with E-state index in [2.05, 4.69) is 31.3 Å². The third-order valence-electron chi connectivity index (χ3n) is 4.27. The molecular weight excluding hydrogens is 276 g/mol. The van der Waals surface area contributed by atoms with Gasteiger partial charge < -0.3 is 4.74 Å². The largest absolute Gasteiger partial charge is 0.376 e. The van der Waals surface area contributed by atoms with E-state index >= 15 is 0 Å². The van der Waals surface area contributed by atoms with Gasteiger partial charge in [-0.15, -0.1) is 4.91 Å². The van der Waals surface area contributed by atoms with Crippen LogP contribution in [-0.2, 0) is 11.3 Å². The van der Waals surface area contributed by atoms with E-state index in [0.717, 1.165) is 26.0 Å². The van der Waals surface area contributed by atoms with Gasteiger partial charge in [-0.1, -0.05) is 57.0 Å². The number of ether oxygens (including phenoxy) is 1. The lowest BCUT2D eigenvalue weighted by atomic mass is 9.91. The van der Waals surface area contributed by atoms with Gasteiger partial charge in [0, 0.05) is 19.7 Å². The smallest absolute Gasteiger partial charge is 0.0717 e. The van der Waals surface area contributed by atoms with E-state index < -0.39 is 0 Å². The van der Waals surface area contributed by atoms with Gasteiger partial charge in [0.2, 0.25) is 0 Å². The van der Waals surface area contributed by atoms with E-state index in [0.29, 0.717) is 25.0 Å². The highest BCUT2D eigenvalue weighted by Crippen LogP contribution is 2.19. The van der Waals surface area contributed by atoms with Gasteiger partial charge in [-0.05, 0) is 30.7 Å². The summed E-state index contributed by atoms with van der Waals surface area (Å²) in [5.74, 6) is 1.19. The van der Waals surface area contributed by atoms with Crippen molar-refractivity contribution in [3.05, 3.63) is 40.8 Å². The first-order valence-corrected chi connectivity index (χ1v) is 8.37. The van der Waals surface area contributed by atoms with Crippen molar-refractivity contribution < 1.29 is 4.74 Å². The summed E-state index contributed by atoms with van der Waals surface area (Å²) in [6, 6.07) is 10.3. The van der Waals surface area contributed by atoms with Gasteiger partial charge in [0.25, 0.3) is 0 Å². The molecule has 0 aliphatic rings. The number of hydrogen-bond donors (Lipinski definition) is 0. The van der Waals surface area contributed by atoms with Crippen molar-refractivity contribution in [1.29, 1.82) is 0 Å². The molecule has 0 bridgehead atoms. The van der Waals surface area contributed by atoms with E-state index in [1.807, 2.05) is 25.1 Å². The summed E-state index contributed by atoms with van der Waals surface area (Å²) < 4.78 is 5.82. The molecule has 0 aliphatic heterocycles. The Morgan fingerprint density at radius 3 is 2.50 bits per heavy atom. The third-order valence-corrected chi connectivity index (χ3v) is 4.27. The summed E-state index contributed by atoms with van der Waals surface area (Å²) in [7, 11) is 0. The molecule has 0 aliphatic carbocycles. The molecule has 124 valence electrons. The highest BCUT2D eigenvalue weighted by atomic mass is 16.5. The van der Waals surface area contributed by atoms with Crippen LogP contribution in [0.15, 0.2) is 35.6 Å². The number of benzene rings is 1. The average Bonchev–Trinajstić information content (AvgIpc) is 2.55. The minimum Gasteiger partial charge on any atom is -0.376 e. The second kappa shape index (κ2) is 11.2. The Kier molecular flexibility index (Phi) is 9.47. The minimum atomic E-state index is 0.551. The zero-order valence-corrected chi connectivity index (χ0v) is 14.2. The third kappa shape index (κ3) is 7.55. The first-order chi connectivity index (χ1) is 10.7. The minimum absolute atomic E-state index is 0.551. The summed E-state index contributed by atoms with van der Waals surface area (Å²) in [5, 5.41) is 4.57. The maximum Gasteiger partial charge on any atom is 0.0717 e. The number of rotatable bonds is 12. The molecule has 4 heteroatoms. The van der Waals surface area contributed by atoms with E-state index in [9.17, 15) is 4.91 Å². The van der Waals surface area contributed by atoms with Crippen LogP contribution in [0.5, 0.6) is 0 Å². The second-order valence-corrected chi connectivity index (χ2v) is 6.08. The van der Waals surface area contributed by atoms with Crippen molar-refractivity contribution >= 4 is 0 Å². The van der Waals surface area contributed by atoms with Gasteiger partial charge in [-0.2, -0.15) is 0 Å². The Bertz CT molecular complexity index is 397. The standard InChI is InChI=1S/C18H30N2O2/c1-4-20(19-21)13-9-8-10-16(2)17(3)14-22-15-18-11-6-5-7-12-18/h5-7,11-12,16-17H,4,8-10,13-15H2,1-3H3. The van der Waals surface area contributed by atoms with Gasteiger partial charge in [-0.3, -0.25) is 5.01 Å². The Hall–Kier alpha value is -1.42. The Morgan fingerprint density at radius 2 is 1.86 bits per heavy atom. The van der Waals surface area contributed by atoms with Crippen molar-refractivity contribution in [3.8, 4) is 0 Å². The lowest BCUT2D eigenvalue weighted by Crippen LogP contribution is -2.18. The van der Waals surface area contributed by atoms with Gasteiger partial charge in [0.05, 0.1) is 11.9 Å². The molecule has 2 atom stereocenters. The number of hydrogen-bond acceptors (Lipinski definition) is 3. The van der Waals surface area contributed by atoms with E-state index in [-0.39, 0.29) is 0 Å². The number of nitroso groups, excluding NO2 is 1. The fraction of sp³-hybridized carbons (Fsp3) is 0.667. The van der Waals surface area contributed by atoms with Crippen molar-refractivity contribution in [2.24, 2.45) is 17.1 Å². The normalized spacial score (nSPS) is 13.6. The van der Waals surface area contributed by atoms with Crippen LogP contribution in [0.3, 0.4) is 0 Å². The molecule has 1 aromatic rings. The number of unbranched alkanes of at least 4 members (excludes halogenated alkanes) is 1. The molecule has 1 rings (SSSR count). The van der Waals surface area contributed by atoms with Crippen LogP contribution < -0.4 is 0 Å². The molecule has 0 N–H and O–H groups in total. The van der Waals surface area contributed by atoms with Gasteiger partial charge in [0.15, 0.2) is 0 Å². The first kappa shape index (κ1) is 18.6. The highest BCUT2D eigenvalue weighted by molar-refractivity contribution is 5.13. The molecule has 0 heterocycles. The molecule has 1 aromatic carbocycles. The molecule has 22 heavy (non-hydrogen) atoms. The van der Waals surface area contributed by atoms with Crippen LogP contribution in [0.25, 0.3) is 0 Å². The molecule has 2 unspecified atom stereocenters. The summed E-state index contributed by atoms with van der Waals surface area (Å²) in [6.07, 6.45) is 3.34. The SMILES string of the molecule is CCN(CCCCC(C)C(C)COCc1ccccc1)N=O. The monoisotopic (exact) mass is 306 g/mol. The number of nitrogens with zero attached hydrogens (tertiary/aromatic N) is 2. The summed E-state index contributed by atoms with van der Waals surface area (Å²) >= 11 is 0. The van der Waals surface area contributed by atoms with E-state index in [4.69, 9.17) is 4.74 Å². The van der Waals surface area contributed by atoms with Crippen molar-refractivity contribution in [2.75, 3.05) is 19.7 Å². The van der Waals surface area contributed by atoms with Gasteiger partial charge >= 0.3 is 0 Å². The molecule has 0 amide bonds. The Balaban J connectivity index is 2.11. The molecule has 0 saturated heterocycles. The molecule has 0 saturated carbocycles. The van der Waals surface area contributed by atoms with E-state index in [1.165, 1.54) is 12.0 Å². The predicted octanol–water partition coefficient (Wildman–Crippen LogP) is 4.65. The molecule has 4 nitrogen and oxygen atoms in total. The Morgan fingerprint density at radius 1 is 1.14 bits per heavy atom. The van der Waals surface area contributed by atoms with Crippen LogP contribution in [0.1, 0.15) is 45.6 Å². The van der Waals surface area contributed by atoms with Crippen LogP contribution in [-0.4, -0.2) is 24.7 Å². The quantitative estimate of drug-likeness (QED) is 0.321. The van der Waals surface area contributed by atoms with E-state index in [1.54, 1.807) is 5.01 Å². The zero-order chi connectivity index (χ0) is 16.2. The maximum atomic E-state index is 10.5. The summed E-state index contributed by atoms with van der Waals surface area (Å²) in [6.45, 7) is 9.44. The van der Waals surface area contributed by atoms with Crippen LogP contribution in [0.2, 0.25) is 0 Å². The van der Waals surface area contributed by atoms with Crippen LogP contribution in [0, 0.1) is 16.7 Å². The predicted molar refractivity (Wildman–Crippen MR) is 91.3 cm³/mol. The zero-order valence-electron chi connectivity index (χ0n) is 14.2. The van der Waals surface area contributed by atoms with Gasteiger partial charge in [0.1, 0.15) is 0 Å². The van der Waals surface area contributed by atoms with Crippen LogP contribution in [0.4, 0.5) is 0 Å². The molecular formula is C18H30N2O2. The van der Waals surface area contributed by atoms with Gasteiger partial charge in [-0.25, -0.2) is 0 Å². The average molecular weight is 306 g/mol. The first-order valence-electron chi connectivity index (χ1n) is 8.37. The fourth-order valence-corrected chi connectivity index (χ4v) is 2.40. The fourth-order valence-electron chi connectivity index (χ4n) is 2.40. The molecule has 0 radical (unpaired) electrons. The Labute approximate surface area is 134 Å². The molecule has 0 fully saturated rings. The van der Waals surface area contributed by atoms with Crippen molar-refractivity contribution in [2.45, 2.75) is 46.6 Å². The lowest BCUT2D eigenvalue weighted by molar-refractivity contribution is 0.0731. The van der Waals surface area contributed by atoms with Crippen molar-refractivity contribution in [1.82, 2.24) is 5.01 Å². The highest BCUT2D eigenvalue weighted by Gasteiger charge is 2.12. The van der Waals surface area contributed by atoms with Crippen molar-refractivity contribution in [3.63, 3.8) is 0 Å². The molecule has 0 spiro atoms.